The van der Waals surface area contributed by atoms with E-state index in [0.29, 0.717) is 24.9 Å². The summed E-state index contributed by atoms with van der Waals surface area (Å²) in [4.78, 5) is 62.0. The molecule has 0 aromatic heterocycles. The molecule has 4 unspecified atom stereocenters. The van der Waals surface area contributed by atoms with Crippen LogP contribution < -0.4 is 33.2 Å². The minimum atomic E-state index is -1.27. The number of benzene rings is 1. The fourth-order valence-electron chi connectivity index (χ4n) is 3.81. The first-order valence-corrected chi connectivity index (χ1v) is 13.0. The lowest BCUT2D eigenvalue weighted by atomic mass is 10.0. The first-order chi connectivity index (χ1) is 18.3. The van der Waals surface area contributed by atoms with Crippen molar-refractivity contribution in [1.29, 1.82) is 0 Å². The summed E-state index contributed by atoms with van der Waals surface area (Å²) in [5.41, 5.74) is 17.4. The lowest BCUT2D eigenvalue weighted by Crippen LogP contribution is -2.57. The highest BCUT2D eigenvalue weighted by Crippen LogP contribution is 2.12. The number of hydrogen-bond acceptors (Lipinski definition) is 8. The molecule has 0 heterocycles. The van der Waals surface area contributed by atoms with Gasteiger partial charge >= 0.3 is 5.97 Å². The summed E-state index contributed by atoms with van der Waals surface area (Å²) < 4.78 is 0. The zero-order chi connectivity index (χ0) is 29.5. The van der Waals surface area contributed by atoms with Gasteiger partial charge in [-0.05, 0) is 68.7 Å². The number of carboxylic acid groups (broad SMARTS) is 1. The topological polar surface area (TPSA) is 240 Å². The van der Waals surface area contributed by atoms with Crippen molar-refractivity contribution in [2.45, 2.75) is 83.0 Å². The molecule has 0 fully saturated rings. The van der Waals surface area contributed by atoms with Crippen LogP contribution >= 0.6 is 0 Å². The highest BCUT2D eigenvalue weighted by molar-refractivity contribution is 5.94. The number of aromatic hydroxyl groups is 1. The fourth-order valence-corrected chi connectivity index (χ4v) is 3.81. The summed E-state index contributed by atoms with van der Waals surface area (Å²) in [7, 11) is 0. The molecular weight excluding hydrogens is 508 g/mol. The molecule has 0 bridgehead atoms. The number of phenolic OH excluding ortho intramolecular Hbond substituents is 1. The molecule has 13 heteroatoms. The normalized spacial score (nSPS) is 14.1. The maximum atomic E-state index is 13.2. The molecule has 4 amide bonds. The van der Waals surface area contributed by atoms with Gasteiger partial charge in [-0.2, -0.15) is 0 Å². The maximum absolute atomic E-state index is 13.2. The lowest BCUT2D eigenvalue weighted by molar-refractivity contribution is -0.142. The van der Waals surface area contributed by atoms with Gasteiger partial charge in [-0.25, -0.2) is 4.79 Å². The second-order valence-electron chi connectivity index (χ2n) is 9.92. The Kier molecular flexibility index (Phi) is 14.5. The molecule has 0 radical (unpaired) electrons. The summed E-state index contributed by atoms with van der Waals surface area (Å²) >= 11 is 0. The van der Waals surface area contributed by atoms with Gasteiger partial charge in [-0.3, -0.25) is 19.2 Å². The van der Waals surface area contributed by atoms with Crippen LogP contribution in [0.1, 0.15) is 57.9 Å². The van der Waals surface area contributed by atoms with Gasteiger partial charge in [-0.15, -0.1) is 0 Å². The molecule has 0 saturated carbocycles. The summed E-state index contributed by atoms with van der Waals surface area (Å²) in [6.07, 6.45) is 1.18. The molecule has 11 N–H and O–H groups in total. The maximum Gasteiger partial charge on any atom is 0.326 e. The number of hydrogen-bond donors (Lipinski definition) is 8. The average Bonchev–Trinajstić information content (AvgIpc) is 2.86. The number of phenols is 1. The van der Waals surface area contributed by atoms with Gasteiger partial charge in [-0.1, -0.05) is 26.0 Å². The van der Waals surface area contributed by atoms with E-state index in [1.165, 1.54) is 12.1 Å². The van der Waals surface area contributed by atoms with Crippen LogP contribution in [0.15, 0.2) is 24.3 Å². The molecule has 4 atom stereocenters. The molecule has 1 aromatic carbocycles. The Morgan fingerprint density at radius 3 is 1.95 bits per heavy atom. The SMILES string of the molecule is CC(C)CC(NC(=O)C(N)Cc1ccc(O)cc1)C(=O)NC(CCC(N)=O)C(=O)NC(CCCCN)C(=O)O. The van der Waals surface area contributed by atoms with Gasteiger partial charge in [0.1, 0.15) is 23.9 Å². The first-order valence-electron chi connectivity index (χ1n) is 13.0. The van der Waals surface area contributed by atoms with Gasteiger partial charge in [0, 0.05) is 6.42 Å². The zero-order valence-corrected chi connectivity index (χ0v) is 22.5. The first kappa shape index (κ1) is 33.3. The van der Waals surface area contributed by atoms with Gasteiger partial charge < -0.3 is 43.4 Å². The quantitative estimate of drug-likeness (QED) is 0.107. The minimum absolute atomic E-state index is 0.0220. The molecule has 1 rings (SSSR count). The van der Waals surface area contributed by atoms with Crippen molar-refractivity contribution in [3.05, 3.63) is 29.8 Å². The van der Waals surface area contributed by atoms with Crippen molar-refractivity contribution in [2.75, 3.05) is 6.54 Å². The third-order valence-electron chi connectivity index (χ3n) is 5.94. The average molecular weight is 551 g/mol. The van der Waals surface area contributed by atoms with Crippen LogP contribution in [0.5, 0.6) is 5.75 Å². The number of primary amides is 1. The van der Waals surface area contributed by atoms with E-state index in [9.17, 15) is 34.2 Å². The largest absolute Gasteiger partial charge is 0.508 e. The van der Waals surface area contributed by atoms with Crippen molar-refractivity contribution in [2.24, 2.45) is 23.1 Å². The van der Waals surface area contributed by atoms with Crippen LogP contribution in [0, 0.1) is 5.92 Å². The standard InChI is InChI=1S/C26H42N6O7/c1-15(2)13-21(32-23(35)18(28)14-16-6-8-17(33)9-7-16)25(37)30-19(10-11-22(29)34)24(36)31-20(26(38)39)5-3-4-12-27/h6-9,15,18-21,33H,3-5,10-14,27-28H2,1-2H3,(H2,29,34)(H,30,37)(H,31,36)(H,32,35)(H,38,39). The molecule has 39 heavy (non-hydrogen) atoms. The lowest BCUT2D eigenvalue weighted by Gasteiger charge is -2.26. The van der Waals surface area contributed by atoms with Crippen molar-refractivity contribution in [1.82, 2.24) is 16.0 Å². The second-order valence-corrected chi connectivity index (χ2v) is 9.92. The van der Waals surface area contributed by atoms with Crippen molar-refractivity contribution in [3.63, 3.8) is 0 Å². The summed E-state index contributed by atoms with van der Waals surface area (Å²) in [6.45, 7) is 4.07. The number of unbranched alkanes of at least 4 members (excludes halogenated alkanes) is 1. The van der Waals surface area contributed by atoms with Crippen LogP contribution in [0.3, 0.4) is 0 Å². The summed E-state index contributed by atoms with van der Waals surface area (Å²) in [6, 6.07) is 1.69. The van der Waals surface area contributed by atoms with Crippen LogP contribution in [-0.2, 0) is 30.4 Å². The Bertz CT molecular complexity index is 970. The molecule has 13 nitrogen and oxygen atoms in total. The summed E-state index contributed by atoms with van der Waals surface area (Å²) in [5, 5.41) is 26.5. The monoisotopic (exact) mass is 550 g/mol. The molecular formula is C26H42N6O7. The Labute approximate surface area is 228 Å². The number of carboxylic acids is 1. The molecule has 218 valence electrons. The van der Waals surface area contributed by atoms with E-state index >= 15 is 0 Å². The van der Waals surface area contributed by atoms with Gasteiger partial charge in [0.15, 0.2) is 0 Å². The zero-order valence-electron chi connectivity index (χ0n) is 22.5. The number of nitrogens with one attached hydrogen (secondary N) is 3. The fraction of sp³-hybridized carbons (Fsp3) is 0.577. The van der Waals surface area contributed by atoms with Gasteiger partial charge in [0.05, 0.1) is 6.04 Å². The number of carbonyl (C=O) groups is 5. The number of nitrogens with two attached hydrogens (primary N) is 3. The van der Waals surface area contributed by atoms with E-state index < -0.39 is 53.8 Å². The van der Waals surface area contributed by atoms with Crippen molar-refractivity contribution in [3.8, 4) is 5.75 Å². The van der Waals surface area contributed by atoms with E-state index in [1.807, 2.05) is 13.8 Å². The number of rotatable bonds is 18. The Morgan fingerprint density at radius 1 is 0.846 bits per heavy atom. The number of aliphatic carboxylic acids is 1. The molecule has 0 saturated heterocycles. The van der Waals surface area contributed by atoms with E-state index in [0.717, 1.165) is 0 Å². The van der Waals surface area contributed by atoms with Crippen LogP contribution in [0.25, 0.3) is 0 Å². The Balaban J connectivity index is 2.98. The van der Waals surface area contributed by atoms with Crippen molar-refractivity contribution < 1.29 is 34.2 Å². The smallest absolute Gasteiger partial charge is 0.326 e. The van der Waals surface area contributed by atoms with Crippen LogP contribution in [0.2, 0.25) is 0 Å². The number of amides is 4. The van der Waals surface area contributed by atoms with E-state index in [4.69, 9.17) is 17.2 Å². The molecule has 0 aliphatic carbocycles. The number of carbonyl (C=O) groups excluding carboxylic acids is 4. The molecule has 0 spiro atoms. The van der Waals surface area contributed by atoms with E-state index in [-0.39, 0.29) is 43.8 Å². The van der Waals surface area contributed by atoms with Gasteiger partial charge in [0.25, 0.3) is 0 Å². The van der Waals surface area contributed by atoms with Gasteiger partial charge in [0.2, 0.25) is 23.6 Å². The second kappa shape index (κ2) is 17.0. The molecule has 0 aliphatic heterocycles. The van der Waals surface area contributed by atoms with Crippen LogP contribution in [-0.4, -0.2) is 70.5 Å². The molecule has 1 aromatic rings. The Hall–Kier alpha value is -3.71. The minimum Gasteiger partial charge on any atom is -0.508 e. The Morgan fingerprint density at radius 2 is 1.41 bits per heavy atom. The summed E-state index contributed by atoms with van der Waals surface area (Å²) in [5.74, 6) is -3.96. The third-order valence-corrected chi connectivity index (χ3v) is 5.94. The van der Waals surface area contributed by atoms with E-state index in [2.05, 4.69) is 16.0 Å². The van der Waals surface area contributed by atoms with Crippen molar-refractivity contribution >= 4 is 29.6 Å². The third kappa shape index (κ3) is 13.1. The highest BCUT2D eigenvalue weighted by atomic mass is 16.4. The predicted octanol–water partition coefficient (Wildman–Crippen LogP) is -0.758. The predicted molar refractivity (Wildman–Crippen MR) is 144 cm³/mol. The highest BCUT2D eigenvalue weighted by Gasteiger charge is 2.30. The van der Waals surface area contributed by atoms with E-state index in [1.54, 1.807) is 12.1 Å². The molecule has 0 aliphatic rings. The van der Waals surface area contributed by atoms with Crippen LogP contribution in [0.4, 0.5) is 0 Å².